The van der Waals surface area contributed by atoms with E-state index in [1.165, 1.54) is 34.1 Å². The molecule has 19 heteroatoms. The van der Waals surface area contributed by atoms with Gasteiger partial charge in [0.05, 0.1) is 26.4 Å². The quantitative estimate of drug-likeness (QED) is 0.0875. The molecule has 0 N–H and O–H groups in total. The second-order valence-corrected chi connectivity index (χ2v) is 14.1. The number of rotatable bonds is 11. The topological polar surface area (TPSA) is 179 Å². The third kappa shape index (κ3) is 8.03. The van der Waals surface area contributed by atoms with E-state index in [9.17, 15) is 19.2 Å². The van der Waals surface area contributed by atoms with Crippen LogP contribution in [0.2, 0.25) is 0 Å². The maximum Gasteiger partial charge on any atom is 0.509 e. The van der Waals surface area contributed by atoms with Crippen molar-refractivity contribution in [1.82, 2.24) is 0 Å². The molecule has 1 fully saturated rings. The molecule has 16 nitrogen and oxygen atoms in total. The zero-order valence-corrected chi connectivity index (χ0v) is 31.8. The number of carbonyl (C=O) groups excluding carboxylic acids is 4. The first-order valence-electron chi connectivity index (χ1n) is 16.5. The number of esters is 2. The van der Waals surface area contributed by atoms with Gasteiger partial charge in [-0.2, -0.15) is 0 Å². The molecule has 3 aliphatic rings. The SMILES string of the molecule is C=CCOC(=O)O[C@H]1C(Oc2c3c(c(-c4ccc5c(c4)OCO5)c4cc(OC)c(OC)cc24)C(=O)OC3)O[C@H](C)[C@@H](OC(=O)OCC)[C@@H]1OC(=O)C(Cl)(Cl)Cl. The summed E-state index contributed by atoms with van der Waals surface area (Å²) in [6.45, 7) is 5.89. The summed E-state index contributed by atoms with van der Waals surface area (Å²) in [6.07, 6.45) is -9.17. The molecule has 0 bridgehead atoms. The number of hydrogen-bond acceptors (Lipinski definition) is 16. The highest BCUT2D eigenvalue weighted by atomic mass is 35.6. The minimum Gasteiger partial charge on any atom is -0.493 e. The maximum absolute atomic E-state index is 13.6. The molecule has 5 atom stereocenters. The van der Waals surface area contributed by atoms with Gasteiger partial charge in [0, 0.05) is 16.5 Å². The number of halogens is 3. The highest BCUT2D eigenvalue weighted by Crippen LogP contribution is 2.50. The summed E-state index contributed by atoms with van der Waals surface area (Å²) in [7, 11) is 2.88. The van der Waals surface area contributed by atoms with Crippen LogP contribution in [0.4, 0.5) is 9.59 Å². The average Bonchev–Trinajstić information content (AvgIpc) is 3.78. The van der Waals surface area contributed by atoms with Gasteiger partial charge in [0.2, 0.25) is 19.2 Å². The van der Waals surface area contributed by atoms with Crippen LogP contribution in [0.25, 0.3) is 21.9 Å². The van der Waals surface area contributed by atoms with E-state index in [1.807, 2.05) is 0 Å². The number of hydrogen-bond donors (Lipinski definition) is 0. The first-order chi connectivity index (χ1) is 26.3. The van der Waals surface area contributed by atoms with E-state index in [-0.39, 0.29) is 49.2 Å². The molecule has 0 spiro atoms. The average molecular weight is 828 g/mol. The standard InChI is InChI=1S/C36H33Cl3O16/c1-6-10-47-35(43)55-30-29(53-33(41)36(37,38)39)27(54-34(42)46-7-2)16(3)51-32(30)52-28-19-13-23(45-5)22(44-4)12-18(19)25(26-20(28)14-48-31(26)40)17-8-9-21-24(11-17)50-15-49-21/h6,8-9,11-13,16,27,29-30,32H,1,7,10,14-15H2,2-5H3/t16-,27-,29+,30-,32?/m1/s1. The highest BCUT2D eigenvalue weighted by Gasteiger charge is 2.54. The van der Waals surface area contributed by atoms with Crippen LogP contribution in [-0.4, -0.2) is 93.0 Å². The molecule has 1 unspecified atom stereocenters. The normalized spacial score (nSPS) is 21.1. The third-order valence-electron chi connectivity index (χ3n) is 8.56. The Labute approximate surface area is 328 Å². The van der Waals surface area contributed by atoms with E-state index in [0.29, 0.717) is 39.1 Å². The molecule has 0 aliphatic carbocycles. The Morgan fingerprint density at radius 2 is 1.55 bits per heavy atom. The molecule has 6 rings (SSSR count). The minimum atomic E-state index is -2.63. The smallest absolute Gasteiger partial charge is 0.493 e. The molecule has 3 heterocycles. The Morgan fingerprint density at radius 3 is 2.22 bits per heavy atom. The van der Waals surface area contributed by atoms with Gasteiger partial charge < -0.3 is 56.8 Å². The second kappa shape index (κ2) is 16.4. The number of alkyl halides is 3. The Kier molecular flexibility index (Phi) is 11.8. The van der Waals surface area contributed by atoms with Gasteiger partial charge in [-0.25, -0.2) is 19.2 Å². The lowest BCUT2D eigenvalue weighted by Gasteiger charge is -2.43. The van der Waals surface area contributed by atoms with Crippen LogP contribution in [-0.2, 0) is 44.6 Å². The van der Waals surface area contributed by atoms with Crippen molar-refractivity contribution in [2.75, 3.05) is 34.2 Å². The Morgan fingerprint density at radius 1 is 0.873 bits per heavy atom. The van der Waals surface area contributed by atoms with Crippen molar-refractivity contribution in [2.45, 2.75) is 55.0 Å². The van der Waals surface area contributed by atoms with Gasteiger partial charge in [0.15, 0.2) is 35.2 Å². The van der Waals surface area contributed by atoms with E-state index in [0.717, 1.165) is 0 Å². The van der Waals surface area contributed by atoms with Crippen LogP contribution in [0.15, 0.2) is 43.0 Å². The lowest BCUT2D eigenvalue weighted by molar-refractivity contribution is -0.275. The maximum atomic E-state index is 13.6. The van der Waals surface area contributed by atoms with Gasteiger partial charge in [0.1, 0.15) is 25.1 Å². The van der Waals surface area contributed by atoms with Crippen molar-refractivity contribution in [3.63, 3.8) is 0 Å². The molecule has 3 aliphatic heterocycles. The van der Waals surface area contributed by atoms with Crippen molar-refractivity contribution < 1.29 is 76.0 Å². The summed E-state index contributed by atoms with van der Waals surface area (Å²) in [5, 5.41) is 0.782. The number of ether oxygens (including phenoxy) is 12. The van der Waals surface area contributed by atoms with E-state index in [4.69, 9.17) is 91.6 Å². The Hall–Kier alpha value is -5.03. The summed E-state index contributed by atoms with van der Waals surface area (Å²) in [5.41, 5.74) is 1.40. The zero-order chi connectivity index (χ0) is 39.6. The molecular formula is C36H33Cl3O16. The molecule has 0 amide bonds. The van der Waals surface area contributed by atoms with Crippen LogP contribution in [0, 0.1) is 0 Å². The minimum absolute atomic E-state index is 0.0165. The zero-order valence-electron chi connectivity index (χ0n) is 29.6. The molecule has 0 radical (unpaired) electrons. The Balaban J connectivity index is 1.54. The van der Waals surface area contributed by atoms with E-state index in [2.05, 4.69) is 6.58 Å². The molecule has 0 aromatic heterocycles. The lowest BCUT2D eigenvalue weighted by atomic mass is 9.89. The van der Waals surface area contributed by atoms with Crippen molar-refractivity contribution in [3.05, 3.63) is 54.1 Å². The van der Waals surface area contributed by atoms with Crippen molar-refractivity contribution in [3.8, 4) is 39.9 Å². The largest absolute Gasteiger partial charge is 0.509 e. The first kappa shape index (κ1) is 39.7. The van der Waals surface area contributed by atoms with Crippen molar-refractivity contribution >= 4 is 69.8 Å². The number of carbonyl (C=O) groups is 4. The predicted octanol–water partition coefficient (Wildman–Crippen LogP) is 6.58. The highest BCUT2D eigenvalue weighted by molar-refractivity contribution is 6.75. The fourth-order valence-electron chi connectivity index (χ4n) is 6.23. The molecule has 55 heavy (non-hydrogen) atoms. The van der Waals surface area contributed by atoms with Gasteiger partial charge in [-0.1, -0.05) is 53.5 Å². The van der Waals surface area contributed by atoms with Gasteiger partial charge in [-0.05, 0) is 49.1 Å². The molecule has 294 valence electrons. The number of fused-ring (bicyclic) bond motifs is 3. The van der Waals surface area contributed by atoms with Gasteiger partial charge in [-0.15, -0.1) is 0 Å². The number of methoxy groups -OCH3 is 2. The lowest BCUT2D eigenvalue weighted by Crippen LogP contribution is -2.62. The van der Waals surface area contributed by atoms with Crippen molar-refractivity contribution in [1.29, 1.82) is 0 Å². The van der Waals surface area contributed by atoms with Crippen LogP contribution < -0.4 is 23.7 Å². The van der Waals surface area contributed by atoms with Gasteiger partial charge in [0.25, 0.3) is 3.79 Å². The fourth-order valence-corrected chi connectivity index (χ4v) is 6.36. The molecule has 3 aromatic carbocycles. The summed E-state index contributed by atoms with van der Waals surface area (Å²) in [5.74, 6) is -0.532. The Bertz CT molecular complexity index is 2010. The molecule has 1 saturated heterocycles. The van der Waals surface area contributed by atoms with Crippen LogP contribution in [0.3, 0.4) is 0 Å². The third-order valence-corrected chi connectivity index (χ3v) is 9.02. The van der Waals surface area contributed by atoms with Crippen LogP contribution >= 0.6 is 34.8 Å². The number of benzene rings is 3. The van der Waals surface area contributed by atoms with Gasteiger partial charge >= 0.3 is 24.2 Å². The van der Waals surface area contributed by atoms with Gasteiger partial charge in [-0.3, -0.25) is 0 Å². The summed E-state index contributed by atoms with van der Waals surface area (Å²) >= 11 is 17.6. The van der Waals surface area contributed by atoms with Crippen LogP contribution in [0.5, 0.6) is 28.7 Å². The first-order valence-corrected chi connectivity index (χ1v) is 17.6. The summed E-state index contributed by atoms with van der Waals surface area (Å²) in [6, 6.07) is 8.43. The van der Waals surface area contributed by atoms with Crippen molar-refractivity contribution in [2.24, 2.45) is 0 Å². The van der Waals surface area contributed by atoms with E-state index in [1.54, 1.807) is 30.3 Å². The fraction of sp³-hybridized carbons (Fsp3) is 0.389. The van der Waals surface area contributed by atoms with E-state index >= 15 is 0 Å². The molecule has 3 aromatic rings. The summed E-state index contributed by atoms with van der Waals surface area (Å²) < 4.78 is 64.7. The molecular weight excluding hydrogens is 795 g/mol. The van der Waals surface area contributed by atoms with Crippen LogP contribution in [0.1, 0.15) is 29.8 Å². The molecule has 0 saturated carbocycles. The number of cyclic esters (lactones) is 1. The summed E-state index contributed by atoms with van der Waals surface area (Å²) in [4.78, 5) is 52.3. The predicted molar refractivity (Wildman–Crippen MR) is 191 cm³/mol. The monoisotopic (exact) mass is 826 g/mol. The second-order valence-electron chi connectivity index (χ2n) is 11.8. The van der Waals surface area contributed by atoms with E-state index < -0.39 is 58.7 Å².